The zero-order chi connectivity index (χ0) is 24.6. The second kappa shape index (κ2) is 12.2. The second-order valence-electron chi connectivity index (χ2n) is 9.17. The molecule has 6 nitrogen and oxygen atoms in total. The molecule has 1 aliphatic heterocycles. The lowest BCUT2D eigenvalue weighted by atomic mass is 9.79. The zero-order valence-corrected chi connectivity index (χ0v) is 20.8. The molecule has 0 bridgehead atoms. The van der Waals surface area contributed by atoms with Gasteiger partial charge in [-0.3, -0.25) is 14.7 Å². The van der Waals surface area contributed by atoms with Gasteiger partial charge in [0.1, 0.15) is 5.75 Å². The zero-order valence-electron chi connectivity index (χ0n) is 20.0. The van der Waals surface area contributed by atoms with E-state index in [1.54, 1.807) is 24.6 Å². The van der Waals surface area contributed by atoms with E-state index in [1.165, 1.54) is 0 Å². The summed E-state index contributed by atoms with van der Waals surface area (Å²) in [5, 5.41) is 25.3. The van der Waals surface area contributed by atoms with Gasteiger partial charge in [-0.05, 0) is 85.3 Å². The third kappa shape index (κ3) is 6.82. The number of aliphatic carboxylic acids is 1. The van der Waals surface area contributed by atoms with Gasteiger partial charge in [-0.2, -0.15) is 11.3 Å². The first-order chi connectivity index (χ1) is 17.0. The van der Waals surface area contributed by atoms with Crippen LogP contribution in [0.15, 0.2) is 47.3 Å². The van der Waals surface area contributed by atoms with Crippen LogP contribution in [0.2, 0.25) is 0 Å². The van der Waals surface area contributed by atoms with Crippen molar-refractivity contribution in [2.24, 2.45) is 11.8 Å². The lowest BCUT2D eigenvalue weighted by Crippen LogP contribution is -2.41. The van der Waals surface area contributed by atoms with Crippen LogP contribution in [0, 0.1) is 23.7 Å². The predicted molar refractivity (Wildman–Crippen MR) is 139 cm³/mol. The maximum absolute atomic E-state index is 11.3. The van der Waals surface area contributed by atoms with Crippen LogP contribution in [0.3, 0.4) is 0 Å². The molecule has 2 unspecified atom stereocenters. The van der Waals surface area contributed by atoms with Gasteiger partial charge in [-0.1, -0.05) is 11.8 Å². The van der Waals surface area contributed by atoms with E-state index in [1.807, 2.05) is 41.1 Å². The summed E-state index contributed by atoms with van der Waals surface area (Å²) < 4.78 is 5.36. The van der Waals surface area contributed by atoms with E-state index in [-0.39, 0.29) is 12.3 Å². The van der Waals surface area contributed by atoms with Crippen molar-refractivity contribution >= 4 is 28.2 Å². The van der Waals surface area contributed by atoms with Crippen molar-refractivity contribution < 1.29 is 19.7 Å². The molecule has 1 saturated heterocycles. The first kappa shape index (κ1) is 25.2. The number of fused-ring (bicyclic) bond motifs is 1. The fourth-order valence-corrected chi connectivity index (χ4v) is 5.58. The highest BCUT2D eigenvalue weighted by molar-refractivity contribution is 7.08. The largest absolute Gasteiger partial charge is 0.497 e. The number of carboxylic acids is 1. The number of aliphatic hydroxyl groups excluding tert-OH is 1. The summed E-state index contributed by atoms with van der Waals surface area (Å²) >= 11 is 1.64. The number of piperidine rings is 1. The van der Waals surface area contributed by atoms with Gasteiger partial charge in [0.25, 0.3) is 0 Å². The maximum atomic E-state index is 11.3. The third-order valence-corrected chi connectivity index (χ3v) is 7.60. The molecule has 1 aliphatic rings. The molecule has 4 rings (SSSR count). The Bertz CT molecular complexity index is 1180. The fourth-order valence-electron chi connectivity index (χ4n) is 5.00. The van der Waals surface area contributed by atoms with E-state index in [2.05, 4.69) is 21.7 Å². The van der Waals surface area contributed by atoms with Crippen LogP contribution < -0.4 is 4.74 Å². The third-order valence-electron chi connectivity index (χ3n) is 6.91. The SMILES string of the molecule is COc1ccc2nccc([C@@H](O)CCC3CCN(CC#Cc4ccsc4)CC3CCC(=O)O)c2c1. The first-order valence-corrected chi connectivity index (χ1v) is 13.0. The molecule has 7 heteroatoms. The summed E-state index contributed by atoms with van der Waals surface area (Å²) in [4.78, 5) is 18.0. The summed E-state index contributed by atoms with van der Waals surface area (Å²) in [6.07, 6.45) is 4.42. The average Bonchev–Trinajstić information content (AvgIpc) is 3.39. The van der Waals surface area contributed by atoms with Crippen molar-refractivity contribution in [2.75, 3.05) is 26.7 Å². The smallest absolute Gasteiger partial charge is 0.303 e. The van der Waals surface area contributed by atoms with Gasteiger partial charge >= 0.3 is 5.97 Å². The van der Waals surface area contributed by atoms with Crippen LogP contribution in [-0.2, 0) is 4.79 Å². The van der Waals surface area contributed by atoms with E-state index < -0.39 is 12.1 Å². The molecule has 0 aliphatic carbocycles. The molecule has 3 atom stereocenters. The normalized spacial score (nSPS) is 19.1. The van der Waals surface area contributed by atoms with Crippen molar-refractivity contribution in [2.45, 2.75) is 38.2 Å². The number of methoxy groups -OCH3 is 1. The van der Waals surface area contributed by atoms with Gasteiger partial charge in [-0.25, -0.2) is 0 Å². The Hall–Kier alpha value is -2.92. The van der Waals surface area contributed by atoms with Gasteiger partial charge in [-0.15, -0.1) is 0 Å². The summed E-state index contributed by atoms with van der Waals surface area (Å²) in [6.45, 7) is 2.49. The molecule has 3 heterocycles. The van der Waals surface area contributed by atoms with E-state index in [9.17, 15) is 15.0 Å². The maximum Gasteiger partial charge on any atom is 0.303 e. The number of hydrogen-bond donors (Lipinski definition) is 2. The molecular formula is C28H32N2O4S. The summed E-state index contributed by atoms with van der Waals surface area (Å²) in [6, 6.07) is 9.60. The molecule has 2 aromatic heterocycles. The van der Waals surface area contributed by atoms with Crippen molar-refractivity contribution in [3.8, 4) is 17.6 Å². The van der Waals surface area contributed by atoms with Crippen LogP contribution in [0.1, 0.15) is 49.3 Å². The Kier molecular flexibility index (Phi) is 8.75. The molecule has 1 fully saturated rings. The van der Waals surface area contributed by atoms with Gasteiger partial charge in [0.2, 0.25) is 0 Å². The number of pyridine rings is 1. The van der Waals surface area contributed by atoms with E-state index in [0.29, 0.717) is 25.3 Å². The first-order valence-electron chi connectivity index (χ1n) is 12.1. The predicted octanol–water partition coefficient (Wildman–Crippen LogP) is 4.97. The molecule has 1 aromatic carbocycles. The van der Waals surface area contributed by atoms with Crippen LogP contribution in [0.4, 0.5) is 0 Å². The van der Waals surface area contributed by atoms with Gasteiger partial charge < -0.3 is 14.9 Å². The Morgan fingerprint density at radius 1 is 1.29 bits per heavy atom. The molecule has 0 radical (unpaired) electrons. The molecule has 0 saturated carbocycles. The minimum Gasteiger partial charge on any atom is -0.497 e. The number of likely N-dealkylation sites (tertiary alicyclic amines) is 1. The van der Waals surface area contributed by atoms with Gasteiger partial charge in [0, 0.05) is 35.5 Å². The van der Waals surface area contributed by atoms with Crippen LogP contribution in [-0.4, -0.2) is 52.8 Å². The molecule has 2 N–H and O–H groups in total. The van der Waals surface area contributed by atoms with Crippen molar-refractivity contribution in [3.05, 3.63) is 58.4 Å². The number of benzene rings is 1. The van der Waals surface area contributed by atoms with E-state index in [4.69, 9.17) is 4.74 Å². The molecule has 0 spiro atoms. The number of ether oxygens (including phenoxy) is 1. The highest BCUT2D eigenvalue weighted by Crippen LogP contribution is 2.35. The molecule has 184 valence electrons. The van der Waals surface area contributed by atoms with Gasteiger partial charge in [0.15, 0.2) is 0 Å². The number of nitrogens with zero attached hydrogens (tertiary/aromatic N) is 2. The van der Waals surface area contributed by atoms with Crippen LogP contribution in [0.25, 0.3) is 10.9 Å². The number of aliphatic hydroxyl groups is 1. The Morgan fingerprint density at radius 2 is 2.17 bits per heavy atom. The lowest BCUT2D eigenvalue weighted by molar-refractivity contribution is -0.137. The van der Waals surface area contributed by atoms with Crippen molar-refractivity contribution in [3.63, 3.8) is 0 Å². The summed E-state index contributed by atoms with van der Waals surface area (Å²) in [5.41, 5.74) is 2.73. The number of rotatable bonds is 9. The van der Waals surface area contributed by atoms with Gasteiger partial charge in [0.05, 0.1) is 25.3 Å². The Morgan fingerprint density at radius 3 is 2.94 bits per heavy atom. The standard InChI is InChI=1S/C28H32N2O4S/c1-34-23-6-7-26-25(17-23)24(10-13-29-26)27(31)8-4-21-11-15-30(18-22(21)5-9-28(32)33)14-2-3-20-12-16-35-19-20/h6-7,10,12-13,16-17,19,21-22,27,31H,4-5,8-9,11,14-15,18H2,1H3,(H,32,33)/t21?,22?,27-/m0/s1. The number of aromatic nitrogens is 1. The minimum atomic E-state index is -0.754. The monoisotopic (exact) mass is 492 g/mol. The van der Waals surface area contributed by atoms with Crippen molar-refractivity contribution in [1.29, 1.82) is 0 Å². The fraction of sp³-hybridized carbons (Fsp3) is 0.429. The van der Waals surface area contributed by atoms with E-state index in [0.717, 1.165) is 53.7 Å². The van der Waals surface area contributed by atoms with Crippen LogP contribution in [0.5, 0.6) is 5.75 Å². The average molecular weight is 493 g/mol. The molecule has 35 heavy (non-hydrogen) atoms. The number of carboxylic acid groups (broad SMARTS) is 1. The highest BCUT2D eigenvalue weighted by Gasteiger charge is 2.29. The van der Waals surface area contributed by atoms with Crippen LogP contribution >= 0.6 is 11.3 Å². The lowest BCUT2D eigenvalue weighted by Gasteiger charge is -2.38. The minimum absolute atomic E-state index is 0.174. The summed E-state index contributed by atoms with van der Waals surface area (Å²) in [7, 11) is 1.63. The highest BCUT2D eigenvalue weighted by atomic mass is 32.1. The number of hydrogen-bond acceptors (Lipinski definition) is 6. The molecular weight excluding hydrogens is 460 g/mol. The topological polar surface area (TPSA) is 82.9 Å². The van der Waals surface area contributed by atoms with E-state index >= 15 is 0 Å². The molecule has 3 aromatic rings. The second-order valence-corrected chi connectivity index (χ2v) is 9.95. The number of thiophene rings is 1. The molecule has 0 amide bonds. The Labute approximate surface area is 210 Å². The number of carbonyl (C=O) groups is 1. The summed E-state index contributed by atoms with van der Waals surface area (Å²) in [5.74, 6) is 7.12. The quantitative estimate of drug-likeness (QED) is 0.410. The van der Waals surface area contributed by atoms with Crippen molar-refractivity contribution in [1.82, 2.24) is 9.88 Å². The Balaban J connectivity index is 1.39.